The molecule has 3 aromatic rings. The van der Waals surface area contributed by atoms with E-state index in [0.29, 0.717) is 5.82 Å². The lowest BCUT2D eigenvalue weighted by Gasteiger charge is -2.09. The van der Waals surface area contributed by atoms with Crippen molar-refractivity contribution >= 4 is 21.4 Å². The number of nitrogens with one attached hydrogen (secondary N) is 2. The van der Waals surface area contributed by atoms with Crippen molar-refractivity contribution in [3.8, 4) is 5.82 Å². The molecule has 0 spiro atoms. The Bertz CT molecular complexity index is 1050. The van der Waals surface area contributed by atoms with E-state index < -0.39 is 14.9 Å². The van der Waals surface area contributed by atoms with Gasteiger partial charge in [0.25, 0.3) is 5.69 Å². The number of sulfonamides is 1. The Hall–Kier alpha value is -3.31. The maximum Gasteiger partial charge on any atom is 0.293 e. The minimum Gasteiger partial charge on any atom is -0.375 e. The number of hydrogen-bond acceptors (Lipinski definition) is 7. The molecule has 2 N–H and O–H groups in total. The van der Waals surface area contributed by atoms with E-state index in [9.17, 15) is 18.5 Å². The molecule has 27 heavy (non-hydrogen) atoms. The minimum absolute atomic E-state index is 0.173. The predicted octanol–water partition coefficient (Wildman–Crippen LogP) is 1.70. The third kappa shape index (κ3) is 4.10. The van der Waals surface area contributed by atoms with Crippen molar-refractivity contribution in [1.82, 2.24) is 19.3 Å². The summed E-state index contributed by atoms with van der Waals surface area (Å²) in [6.45, 7) is 0.288. The van der Waals surface area contributed by atoms with E-state index in [1.807, 2.05) is 6.07 Å². The number of pyridine rings is 1. The van der Waals surface area contributed by atoms with Crippen molar-refractivity contribution in [3.05, 3.63) is 70.9 Å². The van der Waals surface area contributed by atoms with Gasteiger partial charge in [0.2, 0.25) is 10.0 Å². The topological polar surface area (TPSA) is 132 Å². The number of nitrogens with zero attached hydrogens (tertiary/aromatic N) is 4. The minimum atomic E-state index is -3.76. The first-order valence-corrected chi connectivity index (χ1v) is 9.28. The maximum absolute atomic E-state index is 11.8. The molecule has 0 unspecified atom stereocenters. The summed E-state index contributed by atoms with van der Waals surface area (Å²) in [6.07, 6.45) is 6.69. The van der Waals surface area contributed by atoms with Gasteiger partial charge in [-0.15, -0.1) is 0 Å². The Kier molecular flexibility index (Phi) is 5.14. The first kappa shape index (κ1) is 18.5. The number of benzene rings is 1. The number of nitro benzene ring substituents is 1. The molecule has 3 rings (SSSR count). The van der Waals surface area contributed by atoms with Crippen LogP contribution in [-0.4, -0.2) is 34.9 Å². The van der Waals surface area contributed by atoms with Gasteiger partial charge in [0.1, 0.15) is 17.8 Å². The molecule has 140 valence electrons. The Balaban J connectivity index is 1.78. The van der Waals surface area contributed by atoms with Crippen molar-refractivity contribution in [3.63, 3.8) is 0 Å². The van der Waals surface area contributed by atoms with Crippen LogP contribution in [0.25, 0.3) is 5.82 Å². The second kappa shape index (κ2) is 7.51. The van der Waals surface area contributed by atoms with Gasteiger partial charge in [0, 0.05) is 31.2 Å². The zero-order valence-corrected chi connectivity index (χ0v) is 15.0. The van der Waals surface area contributed by atoms with Crippen LogP contribution in [0.5, 0.6) is 0 Å². The molecule has 0 atom stereocenters. The Morgan fingerprint density at radius 1 is 1.26 bits per heavy atom. The van der Waals surface area contributed by atoms with E-state index in [0.717, 1.165) is 11.6 Å². The number of aromatic nitrogens is 3. The molecule has 0 bridgehead atoms. The molecule has 0 aliphatic rings. The molecule has 0 radical (unpaired) electrons. The number of nitro groups is 1. The third-order valence-corrected chi connectivity index (χ3v) is 5.22. The summed E-state index contributed by atoms with van der Waals surface area (Å²) >= 11 is 0. The highest BCUT2D eigenvalue weighted by Crippen LogP contribution is 2.28. The first-order chi connectivity index (χ1) is 12.9. The molecule has 0 fully saturated rings. The molecular formula is C16H16N6O4S. The van der Waals surface area contributed by atoms with Gasteiger partial charge in [0.05, 0.1) is 9.82 Å². The molecule has 2 aromatic heterocycles. The van der Waals surface area contributed by atoms with Gasteiger partial charge in [-0.2, -0.15) is 0 Å². The molecule has 0 amide bonds. The van der Waals surface area contributed by atoms with E-state index in [4.69, 9.17) is 0 Å². The molecule has 10 nitrogen and oxygen atoms in total. The molecule has 0 aliphatic heterocycles. The number of imidazole rings is 1. The summed E-state index contributed by atoms with van der Waals surface area (Å²) < 4.78 is 27.5. The van der Waals surface area contributed by atoms with E-state index in [1.165, 1.54) is 19.2 Å². The van der Waals surface area contributed by atoms with Crippen LogP contribution in [0.1, 0.15) is 5.56 Å². The van der Waals surface area contributed by atoms with E-state index >= 15 is 0 Å². The van der Waals surface area contributed by atoms with Crippen molar-refractivity contribution < 1.29 is 13.3 Å². The van der Waals surface area contributed by atoms with Crippen molar-refractivity contribution in [2.24, 2.45) is 0 Å². The summed E-state index contributed by atoms with van der Waals surface area (Å²) in [5.41, 5.74) is 0.697. The van der Waals surface area contributed by atoms with Crippen LogP contribution in [0.3, 0.4) is 0 Å². The van der Waals surface area contributed by atoms with Crippen molar-refractivity contribution in [2.75, 3.05) is 12.4 Å². The lowest BCUT2D eigenvalue weighted by atomic mass is 10.2. The largest absolute Gasteiger partial charge is 0.375 e. The highest BCUT2D eigenvalue weighted by molar-refractivity contribution is 7.89. The van der Waals surface area contributed by atoms with Gasteiger partial charge in [-0.25, -0.2) is 23.1 Å². The van der Waals surface area contributed by atoms with Crippen LogP contribution in [0.15, 0.2) is 60.1 Å². The van der Waals surface area contributed by atoms with Gasteiger partial charge < -0.3 is 5.32 Å². The van der Waals surface area contributed by atoms with Crippen LogP contribution in [0.2, 0.25) is 0 Å². The second-order valence-electron chi connectivity index (χ2n) is 5.49. The van der Waals surface area contributed by atoms with Crippen molar-refractivity contribution in [2.45, 2.75) is 11.4 Å². The molecule has 0 saturated carbocycles. The van der Waals surface area contributed by atoms with Gasteiger partial charge in [0.15, 0.2) is 0 Å². The van der Waals surface area contributed by atoms with E-state index in [-0.39, 0.29) is 22.8 Å². The average Bonchev–Trinajstić information content (AvgIpc) is 3.21. The maximum atomic E-state index is 11.8. The van der Waals surface area contributed by atoms with Gasteiger partial charge >= 0.3 is 0 Å². The lowest BCUT2D eigenvalue weighted by Crippen LogP contribution is -2.18. The summed E-state index contributed by atoms with van der Waals surface area (Å²) in [5.74, 6) is 0.698. The number of rotatable bonds is 7. The van der Waals surface area contributed by atoms with Crippen LogP contribution in [0.4, 0.5) is 11.4 Å². The molecule has 1 aromatic carbocycles. The summed E-state index contributed by atoms with van der Waals surface area (Å²) in [6, 6.07) is 7.34. The summed E-state index contributed by atoms with van der Waals surface area (Å²) in [4.78, 5) is 18.8. The van der Waals surface area contributed by atoms with Gasteiger partial charge in [-0.1, -0.05) is 6.07 Å². The predicted molar refractivity (Wildman–Crippen MR) is 98.0 cm³/mol. The molecule has 0 aliphatic carbocycles. The summed E-state index contributed by atoms with van der Waals surface area (Å²) in [5, 5.41) is 14.3. The number of anilines is 1. The highest BCUT2D eigenvalue weighted by Gasteiger charge is 2.20. The standard InChI is InChI=1S/C16H16N6O4S/c1-17-27(25,26)13-3-4-14(15(8-13)22(23)24)19-9-12-2-5-16(20-10-12)21-7-6-18-11-21/h2-8,10-11,17,19H,9H2,1H3. The lowest BCUT2D eigenvalue weighted by molar-refractivity contribution is -0.384. The molecular weight excluding hydrogens is 372 g/mol. The highest BCUT2D eigenvalue weighted by atomic mass is 32.2. The Morgan fingerprint density at radius 2 is 2.07 bits per heavy atom. The van der Waals surface area contributed by atoms with Crippen LogP contribution < -0.4 is 10.0 Å². The average molecular weight is 388 g/mol. The smallest absolute Gasteiger partial charge is 0.293 e. The second-order valence-corrected chi connectivity index (χ2v) is 7.38. The van der Waals surface area contributed by atoms with Crippen molar-refractivity contribution in [1.29, 1.82) is 0 Å². The van der Waals surface area contributed by atoms with Gasteiger partial charge in [-0.05, 0) is 30.8 Å². The first-order valence-electron chi connectivity index (χ1n) is 7.80. The SMILES string of the molecule is CNS(=O)(=O)c1ccc(NCc2ccc(-n3ccnc3)nc2)c([N+](=O)[O-])c1. The Labute approximate surface area is 155 Å². The summed E-state index contributed by atoms with van der Waals surface area (Å²) in [7, 11) is -2.52. The van der Waals surface area contributed by atoms with Crippen LogP contribution in [0, 0.1) is 10.1 Å². The normalized spacial score (nSPS) is 11.3. The third-order valence-electron chi connectivity index (χ3n) is 3.81. The fraction of sp³-hybridized carbons (Fsp3) is 0.125. The number of hydrogen-bond donors (Lipinski definition) is 2. The van der Waals surface area contributed by atoms with E-state index in [2.05, 4.69) is 20.0 Å². The monoisotopic (exact) mass is 388 g/mol. The van der Waals surface area contributed by atoms with Crippen LogP contribution in [-0.2, 0) is 16.6 Å². The fourth-order valence-electron chi connectivity index (χ4n) is 2.36. The zero-order valence-electron chi connectivity index (χ0n) is 14.2. The Morgan fingerprint density at radius 3 is 2.67 bits per heavy atom. The van der Waals surface area contributed by atoms with Crippen LogP contribution >= 0.6 is 0 Å². The zero-order chi connectivity index (χ0) is 19.4. The molecule has 2 heterocycles. The quantitative estimate of drug-likeness (QED) is 0.465. The van der Waals surface area contributed by atoms with E-state index in [1.54, 1.807) is 35.6 Å². The van der Waals surface area contributed by atoms with Gasteiger partial charge in [-0.3, -0.25) is 14.7 Å². The molecule has 0 saturated heterocycles. The fourth-order valence-corrected chi connectivity index (χ4v) is 3.11. The molecule has 11 heteroatoms.